The number of nitrogen functional groups attached to an aromatic ring is 1. The number of ether oxygens (including phenoxy) is 3. The Bertz CT molecular complexity index is 656. The van der Waals surface area contributed by atoms with Gasteiger partial charge >= 0.3 is 5.97 Å². The second-order valence-electron chi connectivity index (χ2n) is 4.07. The zero-order valence-corrected chi connectivity index (χ0v) is 13.1. The van der Waals surface area contributed by atoms with Crippen molar-refractivity contribution in [3.8, 4) is 11.5 Å². The molecule has 0 bridgehead atoms. The Morgan fingerprint density at radius 2 is 2.05 bits per heavy atom. The van der Waals surface area contributed by atoms with E-state index in [0.717, 1.165) is 4.88 Å². The van der Waals surface area contributed by atoms with Crippen LogP contribution in [0.25, 0.3) is 0 Å². The highest BCUT2D eigenvalue weighted by Gasteiger charge is 2.17. The summed E-state index contributed by atoms with van der Waals surface area (Å²) in [5.74, 6) is 0.279. The molecule has 0 aliphatic rings. The summed E-state index contributed by atoms with van der Waals surface area (Å²) in [6.07, 6.45) is 0. The fourth-order valence-electron chi connectivity index (χ4n) is 1.70. The van der Waals surface area contributed by atoms with Crippen LogP contribution < -0.4 is 15.2 Å². The van der Waals surface area contributed by atoms with Gasteiger partial charge in [0.15, 0.2) is 0 Å². The van der Waals surface area contributed by atoms with Crippen molar-refractivity contribution in [2.24, 2.45) is 0 Å². The highest BCUT2D eigenvalue weighted by molar-refractivity contribution is 7.16. The fourth-order valence-corrected chi connectivity index (χ4v) is 2.70. The number of halogens is 1. The van der Waals surface area contributed by atoms with Gasteiger partial charge < -0.3 is 19.9 Å². The summed E-state index contributed by atoms with van der Waals surface area (Å²) in [6, 6.07) is 6.67. The zero-order valence-electron chi connectivity index (χ0n) is 11.5. The molecule has 0 radical (unpaired) electrons. The van der Waals surface area contributed by atoms with Crippen LogP contribution in [0.15, 0.2) is 24.3 Å². The summed E-state index contributed by atoms with van der Waals surface area (Å²) in [5.41, 5.74) is 6.31. The van der Waals surface area contributed by atoms with Gasteiger partial charge in [0.05, 0.1) is 29.8 Å². The zero-order chi connectivity index (χ0) is 15.4. The van der Waals surface area contributed by atoms with Crippen molar-refractivity contribution in [2.75, 3.05) is 20.0 Å². The van der Waals surface area contributed by atoms with Crippen LogP contribution in [0.1, 0.15) is 15.2 Å². The molecule has 0 aliphatic heterocycles. The van der Waals surface area contributed by atoms with Crippen LogP contribution in [0.4, 0.5) is 5.69 Å². The number of hydrogen-bond donors (Lipinski definition) is 1. The quantitative estimate of drug-likeness (QED) is 0.673. The van der Waals surface area contributed by atoms with E-state index in [-0.39, 0.29) is 17.9 Å². The number of methoxy groups -OCH3 is 2. The largest absolute Gasteiger partial charge is 0.497 e. The average molecular weight is 328 g/mol. The smallest absolute Gasteiger partial charge is 0.340 e. The number of thiophene rings is 1. The molecule has 0 saturated carbocycles. The first-order chi connectivity index (χ1) is 10.0. The highest BCUT2D eigenvalue weighted by Crippen LogP contribution is 2.32. The van der Waals surface area contributed by atoms with Crippen molar-refractivity contribution in [3.05, 3.63) is 39.0 Å². The molecule has 0 saturated heterocycles. The third-order valence-electron chi connectivity index (χ3n) is 2.77. The Morgan fingerprint density at radius 3 is 2.62 bits per heavy atom. The molecule has 0 fully saturated rings. The number of benzene rings is 1. The summed E-state index contributed by atoms with van der Waals surface area (Å²) in [7, 11) is 2.96. The van der Waals surface area contributed by atoms with Gasteiger partial charge in [-0.1, -0.05) is 11.6 Å². The molecule has 0 aliphatic carbocycles. The molecule has 112 valence electrons. The number of esters is 1. The predicted octanol–water partition coefficient (Wildman–Crippen LogP) is 3.36. The molecule has 7 heteroatoms. The van der Waals surface area contributed by atoms with E-state index in [0.29, 0.717) is 15.8 Å². The van der Waals surface area contributed by atoms with E-state index in [1.807, 2.05) is 0 Å². The maximum Gasteiger partial charge on any atom is 0.340 e. The molecule has 1 aromatic carbocycles. The lowest BCUT2D eigenvalue weighted by atomic mass is 10.1. The van der Waals surface area contributed by atoms with Crippen LogP contribution in [0, 0.1) is 0 Å². The number of anilines is 1. The second-order valence-corrected chi connectivity index (χ2v) is 5.87. The minimum atomic E-state index is -0.547. The lowest BCUT2D eigenvalue weighted by Crippen LogP contribution is -2.09. The Kier molecular flexibility index (Phi) is 4.93. The molecular weight excluding hydrogens is 314 g/mol. The standard InChI is InChI=1S/C14H14ClNO4S/c1-18-8-5-10(13(16)11(6-8)19-2)14(17)20-7-9-3-4-12(15)21-9/h3-6H,7,16H2,1-2H3. The Hall–Kier alpha value is -1.92. The fraction of sp³-hybridized carbons (Fsp3) is 0.214. The van der Waals surface area contributed by atoms with Gasteiger partial charge in [0.1, 0.15) is 18.1 Å². The van der Waals surface area contributed by atoms with Crippen LogP contribution in [-0.4, -0.2) is 20.2 Å². The number of rotatable bonds is 5. The van der Waals surface area contributed by atoms with Gasteiger partial charge in [-0.05, 0) is 18.2 Å². The summed E-state index contributed by atoms with van der Waals surface area (Å²) >= 11 is 7.17. The molecule has 2 aromatic rings. The molecule has 0 unspecified atom stereocenters. The predicted molar refractivity (Wildman–Crippen MR) is 82.4 cm³/mol. The van der Waals surface area contributed by atoms with E-state index >= 15 is 0 Å². The van der Waals surface area contributed by atoms with Gasteiger partial charge in [0.2, 0.25) is 0 Å². The summed E-state index contributed by atoms with van der Waals surface area (Å²) in [6.45, 7) is 0.134. The SMILES string of the molecule is COc1cc(OC)c(N)c(C(=O)OCc2ccc(Cl)s2)c1. The van der Waals surface area contributed by atoms with Crippen molar-refractivity contribution in [3.63, 3.8) is 0 Å². The highest BCUT2D eigenvalue weighted by atomic mass is 35.5. The topological polar surface area (TPSA) is 70.8 Å². The molecule has 2 rings (SSSR count). The number of carbonyl (C=O) groups excluding carboxylic acids is 1. The molecule has 0 spiro atoms. The lowest BCUT2D eigenvalue weighted by molar-refractivity contribution is 0.0477. The van der Waals surface area contributed by atoms with E-state index < -0.39 is 5.97 Å². The van der Waals surface area contributed by atoms with Gasteiger partial charge in [0, 0.05) is 10.9 Å². The molecule has 21 heavy (non-hydrogen) atoms. The monoisotopic (exact) mass is 327 g/mol. The second kappa shape index (κ2) is 6.69. The molecular formula is C14H14ClNO4S. The van der Waals surface area contributed by atoms with Crippen LogP contribution in [0.5, 0.6) is 11.5 Å². The first-order valence-corrected chi connectivity index (χ1v) is 7.17. The molecule has 1 heterocycles. The number of carbonyl (C=O) groups is 1. The first-order valence-electron chi connectivity index (χ1n) is 5.98. The van der Waals surface area contributed by atoms with E-state index in [1.165, 1.54) is 31.6 Å². The maximum absolute atomic E-state index is 12.1. The Morgan fingerprint density at radius 1 is 1.29 bits per heavy atom. The van der Waals surface area contributed by atoms with Crippen LogP contribution in [0.3, 0.4) is 0 Å². The van der Waals surface area contributed by atoms with Crippen LogP contribution in [0.2, 0.25) is 4.34 Å². The Balaban J connectivity index is 2.18. The number of nitrogens with two attached hydrogens (primary N) is 1. The van der Waals surface area contributed by atoms with Crippen LogP contribution in [-0.2, 0) is 11.3 Å². The van der Waals surface area contributed by atoms with Crippen LogP contribution >= 0.6 is 22.9 Å². The summed E-state index contributed by atoms with van der Waals surface area (Å²) in [4.78, 5) is 13.0. The minimum Gasteiger partial charge on any atom is -0.497 e. The molecule has 0 amide bonds. The minimum absolute atomic E-state index is 0.134. The van der Waals surface area contributed by atoms with E-state index in [4.69, 9.17) is 31.5 Å². The normalized spacial score (nSPS) is 10.2. The molecule has 2 N–H and O–H groups in total. The van der Waals surface area contributed by atoms with Crippen molar-refractivity contribution < 1.29 is 19.0 Å². The van der Waals surface area contributed by atoms with Crippen molar-refractivity contribution in [2.45, 2.75) is 6.61 Å². The third-order valence-corrected chi connectivity index (χ3v) is 3.97. The Labute approximate surface area is 131 Å². The van der Waals surface area contributed by atoms with E-state index in [1.54, 1.807) is 18.2 Å². The van der Waals surface area contributed by atoms with Crippen molar-refractivity contribution in [1.29, 1.82) is 0 Å². The summed E-state index contributed by atoms with van der Waals surface area (Å²) < 4.78 is 16.1. The maximum atomic E-state index is 12.1. The van der Waals surface area contributed by atoms with Gasteiger partial charge in [0.25, 0.3) is 0 Å². The van der Waals surface area contributed by atoms with E-state index in [9.17, 15) is 4.79 Å². The van der Waals surface area contributed by atoms with Gasteiger partial charge in [-0.15, -0.1) is 11.3 Å². The van der Waals surface area contributed by atoms with Gasteiger partial charge in [-0.2, -0.15) is 0 Å². The molecule has 0 atom stereocenters. The lowest BCUT2D eigenvalue weighted by Gasteiger charge is -2.12. The average Bonchev–Trinajstić information content (AvgIpc) is 2.90. The first kappa shape index (κ1) is 15.5. The van der Waals surface area contributed by atoms with Gasteiger partial charge in [-0.25, -0.2) is 4.79 Å². The van der Waals surface area contributed by atoms with Crippen molar-refractivity contribution >= 4 is 34.6 Å². The molecule has 5 nitrogen and oxygen atoms in total. The third kappa shape index (κ3) is 3.59. The summed E-state index contributed by atoms with van der Waals surface area (Å²) in [5, 5.41) is 0. The molecule has 1 aromatic heterocycles. The van der Waals surface area contributed by atoms with Gasteiger partial charge in [-0.3, -0.25) is 0 Å². The van der Waals surface area contributed by atoms with E-state index in [2.05, 4.69) is 0 Å². The van der Waals surface area contributed by atoms with Crippen molar-refractivity contribution in [1.82, 2.24) is 0 Å². The number of hydrogen-bond acceptors (Lipinski definition) is 6.